The van der Waals surface area contributed by atoms with Gasteiger partial charge in [-0.05, 0) is 74.6 Å². The Kier molecular flexibility index (Phi) is 9.20. The van der Waals surface area contributed by atoms with Gasteiger partial charge in [0.1, 0.15) is 5.92 Å². The molecule has 16 heteroatoms. The first-order chi connectivity index (χ1) is 22.5. The van der Waals surface area contributed by atoms with Gasteiger partial charge in [-0.1, -0.05) is 29.3 Å². The fourth-order valence-corrected chi connectivity index (χ4v) is 7.18. The molecule has 1 saturated heterocycles. The topological polar surface area (TPSA) is 91.3 Å². The lowest BCUT2D eigenvalue weighted by Crippen LogP contribution is -2.40. The van der Waals surface area contributed by atoms with Gasteiger partial charge in [0, 0.05) is 32.7 Å². The average Bonchev–Trinajstić information content (AvgIpc) is 3.51. The summed E-state index contributed by atoms with van der Waals surface area (Å²) in [6.45, 7) is 2.09. The number of benzene rings is 2. The van der Waals surface area contributed by atoms with Gasteiger partial charge in [-0.2, -0.15) is 26.3 Å². The average molecular weight is 720 g/mol. The number of hydrogen-bond acceptors (Lipinski definition) is 5. The SMILES string of the molecule is CC(C(=O)NCc1ccc(Cl)c(Nc2nc3cc(C(=O)NC4CCC(C(F)(F)F)CC4)c(N4CC5CC5C4)cc3n2C)c1Cl)C(F)(F)F. The zero-order valence-electron chi connectivity index (χ0n) is 26.0. The van der Waals surface area contributed by atoms with Crippen LogP contribution < -0.4 is 20.9 Å². The van der Waals surface area contributed by atoms with Gasteiger partial charge in [-0.3, -0.25) is 9.59 Å². The first-order valence-electron chi connectivity index (χ1n) is 15.7. The molecule has 6 rings (SSSR count). The molecule has 2 aliphatic carbocycles. The molecule has 0 radical (unpaired) electrons. The first kappa shape index (κ1) is 34.5. The van der Waals surface area contributed by atoms with Gasteiger partial charge >= 0.3 is 12.4 Å². The Morgan fingerprint density at radius 1 is 1.02 bits per heavy atom. The van der Waals surface area contributed by atoms with Crippen LogP contribution in [0.3, 0.4) is 0 Å². The van der Waals surface area contributed by atoms with Gasteiger partial charge in [0.05, 0.1) is 43.9 Å². The summed E-state index contributed by atoms with van der Waals surface area (Å²) in [5.74, 6) is -3.69. The number of halogens is 8. The lowest BCUT2D eigenvalue weighted by atomic mass is 9.85. The van der Waals surface area contributed by atoms with Gasteiger partial charge in [-0.25, -0.2) is 4.98 Å². The van der Waals surface area contributed by atoms with Crippen LogP contribution in [0.5, 0.6) is 0 Å². The highest BCUT2D eigenvalue weighted by molar-refractivity contribution is 6.39. The minimum Gasteiger partial charge on any atom is -0.370 e. The lowest BCUT2D eigenvalue weighted by Gasteiger charge is -2.31. The molecule has 3 fully saturated rings. The summed E-state index contributed by atoms with van der Waals surface area (Å²) in [5, 5.41) is 8.59. The number of nitrogens with zero attached hydrogens (tertiary/aromatic N) is 3. The Balaban J connectivity index is 1.25. The predicted molar refractivity (Wildman–Crippen MR) is 171 cm³/mol. The normalized spacial score (nSPS) is 23.2. The third kappa shape index (κ3) is 7.01. The van der Waals surface area contributed by atoms with E-state index in [-0.39, 0.29) is 59.9 Å². The maximum atomic E-state index is 13.7. The van der Waals surface area contributed by atoms with Gasteiger partial charge < -0.3 is 25.4 Å². The Labute approximate surface area is 282 Å². The highest BCUT2D eigenvalue weighted by Crippen LogP contribution is 2.47. The van der Waals surface area contributed by atoms with E-state index in [1.54, 1.807) is 17.7 Å². The highest BCUT2D eigenvalue weighted by Gasteiger charge is 2.46. The number of carbonyl (C=O) groups is 2. The van der Waals surface area contributed by atoms with Gasteiger partial charge in [0.2, 0.25) is 11.9 Å². The molecule has 3 atom stereocenters. The summed E-state index contributed by atoms with van der Waals surface area (Å²) in [6, 6.07) is 6.18. The molecule has 2 amide bonds. The van der Waals surface area contributed by atoms with E-state index in [0.29, 0.717) is 45.6 Å². The molecule has 48 heavy (non-hydrogen) atoms. The molecule has 1 aromatic heterocycles. The molecular formula is C32H34Cl2F6N6O2. The number of piperidine rings is 1. The molecule has 1 aliphatic heterocycles. The van der Waals surface area contributed by atoms with Crippen LogP contribution in [0.15, 0.2) is 24.3 Å². The molecule has 260 valence electrons. The summed E-state index contributed by atoms with van der Waals surface area (Å²) in [5.41, 5.74) is 2.80. The number of fused-ring (bicyclic) bond motifs is 2. The van der Waals surface area contributed by atoms with E-state index in [2.05, 4.69) is 25.8 Å². The molecule has 2 aromatic carbocycles. The molecule has 3 aliphatic rings. The van der Waals surface area contributed by atoms with E-state index in [9.17, 15) is 35.9 Å². The number of carbonyl (C=O) groups excluding carboxylic acids is 2. The van der Waals surface area contributed by atoms with Gasteiger partial charge in [0.15, 0.2) is 0 Å². The Bertz CT molecular complexity index is 1730. The fourth-order valence-electron chi connectivity index (χ4n) is 6.65. The Hall–Kier alpha value is -3.39. The number of aromatic nitrogens is 2. The molecule has 3 N–H and O–H groups in total. The van der Waals surface area contributed by atoms with E-state index in [1.165, 1.54) is 12.1 Å². The third-order valence-electron chi connectivity index (χ3n) is 9.83. The summed E-state index contributed by atoms with van der Waals surface area (Å²) < 4.78 is 80.2. The minimum absolute atomic E-state index is 0.0313. The largest absolute Gasteiger partial charge is 0.400 e. The van der Waals surface area contributed by atoms with Crippen molar-refractivity contribution < 1.29 is 35.9 Å². The Morgan fingerprint density at radius 3 is 2.31 bits per heavy atom. The summed E-state index contributed by atoms with van der Waals surface area (Å²) in [7, 11) is 1.76. The zero-order chi connectivity index (χ0) is 34.7. The number of rotatable bonds is 8. The molecule has 3 aromatic rings. The molecule has 8 nitrogen and oxygen atoms in total. The van der Waals surface area contributed by atoms with Crippen molar-refractivity contribution in [2.24, 2.45) is 30.7 Å². The quantitative estimate of drug-likeness (QED) is 0.207. The van der Waals surface area contributed by atoms with Crippen molar-refractivity contribution in [3.63, 3.8) is 0 Å². The van der Waals surface area contributed by atoms with E-state index in [4.69, 9.17) is 23.2 Å². The summed E-state index contributed by atoms with van der Waals surface area (Å²) >= 11 is 13.1. The van der Waals surface area contributed by atoms with E-state index in [1.807, 2.05) is 6.07 Å². The monoisotopic (exact) mass is 718 g/mol. The summed E-state index contributed by atoms with van der Waals surface area (Å²) in [6.07, 6.45) is -7.36. The number of amides is 2. The second kappa shape index (κ2) is 12.8. The molecule has 2 heterocycles. The minimum atomic E-state index is -4.69. The number of aryl methyl sites for hydroxylation is 1. The van der Waals surface area contributed by atoms with Crippen LogP contribution in [0.25, 0.3) is 11.0 Å². The number of anilines is 3. The third-order valence-corrected chi connectivity index (χ3v) is 10.6. The number of alkyl halides is 6. The molecule has 0 spiro atoms. The van der Waals surface area contributed by atoms with Crippen molar-refractivity contribution in [2.45, 2.75) is 64.0 Å². The van der Waals surface area contributed by atoms with Crippen LogP contribution >= 0.6 is 23.2 Å². The predicted octanol–water partition coefficient (Wildman–Crippen LogP) is 7.75. The van der Waals surface area contributed by atoms with Gasteiger partial charge in [0.25, 0.3) is 5.91 Å². The van der Waals surface area contributed by atoms with Crippen molar-refractivity contribution in [1.29, 1.82) is 0 Å². The maximum Gasteiger partial charge on any atom is 0.400 e. The van der Waals surface area contributed by atoms with E-state index >= 15 is 0 Å². The molecule has 0 bridgehead atoms. The second-order valence-electron chi connectivity index (χ2n) is 13.1. The van der Waals surface area contributed by atoms with E-state index < -0.39 is 30.1 Å². The molecule has 3 unspecified atom stereocenters. The number of nitrogens with one attached hydrogen (secondary N) is 3. The van der Waals surface area contributed by atoms with Gasteiger partial charge in [-0.15, -0.1) is 0 Å². The van der Waals surface area contributed by atoms with Crippen LogP contribution in [0.1, 0.15) is 54.9 Å². The van der Waals surface area contributed by atoms with Crippen molar-refractivity contribution in [2.75, 3.05) is 23.3 Å². The van der Waals surface area contributed by atoms with Crippen molar-refractivity contribution >= 4 is 63.4 Å². The van der Waals surface area contributed by atoms with Crippen LogP contribution in [0, 0.1) is 23.7 Å². The lowest BCUT2D eigenvalue weighted by molar-refractivity contribution is -0.182. The van der Waals surface area contributed by atoms with Crippen molar-refractivity contribution in [1.82, 2.24) is 20.2 Å². The standard InChI is InChI=1S/C32H34Cl2F6N6O2/c1-15(31(35,36)37)28(47)41-12-16-3-8-22(33)27(26(16)34)44-30-43-23-10-21(29(48)42-20-6-4-19(5-7-20)32(38,39)40)24(11-25(23)45(30)2)46-13-17-9-18(17)14-46/h3,8,10-11,15,17-20H,4-7,9,12-14H2,1-2H3,(H,41,47)(H,42,48)(H,43,44). The molecule has 2 saturated carbocycles. The maximum absolute atomic E-state index is 13.7. The first-order valence-corrected chi connectivity index (χ1v) is 16.5. The Morgan fingerprint density at radius 2 is 1.69 bits per heavy atom. The van der Waals surface area contributed by atoms with Crippen molar-refractivity contribution in [3.05, 3.63) is 45.4 Å². The number of imidazole rings is 1. The van der Waals surface area contributed by atoms with Crippen molar-refractivity contribution in [3.8, 4) is 0 Å². The summed E-state index contributed by atoms with van der Waals surface area (Å²) in [4.78, 5) is 32.6. The van der Waals surface area contributed by atoms with E-state index in [0.717, 1.165) is 26.4 Å². The highest BCUT2D eigenvalue weighted by atomic mass is 35.5. The fraction of sp³-hybridized carbons (Fsp3) is 0.531. The molecular weight excluding hydrogens is 685 g/mol. The zero-order valence-corrected chi connectivity index (χ0v) is 27.5. The van der Waals surface area contributed by atoms with Crippen LogP contribution in [-0.2, 0) is 18.4 Å². The van der Waals surface area contributed by atoms with Crippen LogP contribution in [0.2, 0.25) is 10.0 Å². The van der Waals surface area contributed by atoms with Crippen LogP contribution in [0.4, 0.5) is 43.7 Å². The second-order valence-corrected chi connectivity index (χ2v) is 13.9. The number of hydrogen-bond donors (Lipinski definition) is 3. The smallest absolute Gasteiger partial charge is 0.370 e. The van der Waals surface area contributed by atoms with Crippen LogP contribution in [-0.4, -0.2) is 52.8 Å².